The molecule has 2 aliphatic rings. The minimum absolute atomic E-state index is 0.00673. The number of carbonyl (C=O) groups is 2. The summed E-state index contributed by atoms with van der Waals surface area (Å²) in [7, 11) is 0. The zero-order valence-corrected chi connectivity index (χ0v) is 14.4. The van der Waals surface area contributed by atoms with Gasteiger partial charge in [-0.1, -0.05) is 12.1 Å². The van der Waals surface area contributed by atoms with Crippen molar-refractivity contribution in [2.45, 2.75) is 6.04 Å². The maximum absolute atomic E-state index is 13.3. The van der Waals surface area contributed by atoms with E-state index in [1.54, 1.807) is 6.20 Å². The SMILES string of the molecule is O=C(O)CN1C[C@@H]2COC[C@H](C1)N(C(=O)c1cccc3ncccc13)C2. The maximum atomic E-state index is 13.3. The van der Waals surface area contributed by atoms with Crippen LogP contribution in [0.1, 0.15) is 10.4 Å². The fourth-order valence-electron chi connectivity index (χ4n) is 3.95. The molecular weight excluding hydrogens is 334 g/mol. The molecule has 1 aromatic carbocycles. The van der Waals surface area contributed by atoms with Crippen LogP contribution < -0.4 is 0 Å². The minimum atomic E-state index is -0.844. The quantitative estimate of drug-likeness (QED) is 0.888. The lowest BCUT2D eigenvalue weighted by molar-refractivity contribution is -0.138. The second-order valence-corrected chi connectivity index (χ2v) is 6.98. The predicted octanol–water partition coefficient (Wildman–Crippen LogP) is 1.09. The first-order valence-electron chi connectivity index (χ1n) is 8.78. The Labute approximate surface area is 151 Å². The van der Waals surface area contributed by atoms with E-state index >= 15 is 0 Å². The van der Waals surface area contributed by atoms with E-state index in [0.29, 0.717) is 38.4 Å². The summed E-state index contributed by atoms with van der Waals surface area (Å²) in [5.74, 6) is -0.774. The van der Waals surface area contributed by atoms with Crippen molar-refractivity contribution in [2.75, 3.05) is 39.4 Å². The summed E-state index contributed by atoms with van der Waals surface area (Å²) in [6.45, 7) is 2.69. The zero-order valence-electron chi connectivity index (χ0n) is 14.4. The van der Waals surface area contributed by atoms with Crippen molar-refractivity contribution >= 4 is 22.8 Å². The Bertz CT molecular complexity index is 835. The van der Waals surface area contributed by atoms with Crippen molar-refractivity contribution in [3.05, 3.63) is 42.1 Å². The number of aromatic nitrogens is 1. The average molecular weight is 355 g/mol. The van der Waals surface area contributed by atoms with Crippen LogP contribution in [0.2, 0.25) is 0 Å². The molecule has 26 heavy (non-hydrogen) atoms. The van der Waals surface area contributed by atoms with E-state index < -0.39 is 5.97 Å². The van der Waals surface area contributed by atoms with Gasteiger partial charge in [0.15, 0.2) is 0 Å². The molecule has 0 aliphatic carbocycles. The molecule has 2 atom stereocenters. The number of ether oxygens (including phenoxy) is 1. The highest BCUT2D eigenvalue weighted by Crippen LogP contribution is 2.24. The number of amides is 1. The zero-order chi connectivity index (χ0) is 18.1. The van der Waals surface area contributed by atoms with Crippen LogP contribution >= 0.6 is 0 Å². The molecule has 2 saturated heterocycles. The smallest absolute Gasteiger partial charge is 0.317 e. The molecule has 2 fully saturated rings. The number of nitrogens with zero attached hydrogens (tertiary/aromatic N) is 3. The van der Waals surface area contributed by atoms with Crippen molar-refractivity contribution in [1.82, 2.24) is 14.8 Å². The molecule has 0 saturated carbocycles. The van der Waals surface area contributed by atoms with Gasteiger partial charge < -0.3 is 14.7 Å². The van der Waals surface area contributed by atoms with Gasteiger partial charge in [0.1, 0.15) is 0 Å². The number of hydrogen-bond acceptors (Lipinski definition) is 5. The van der Waals surface area contributed by atoms with Gasteiger partial charge in [0.25, 0.3) is 5.91 Å². The summed E-state index contributed by atoms with van der Waals surface area (Å²) in [5, 5.41) is 9.97. The molecule has 1 N–H and O–H groups in total. The monoisotopic (exact) mass is 355 g/mol. The molecule has 0 unspecified atom stereocenters. The summed E-state index contributed by atoms with van der Waals surface area (Å²) in [4.78, 5) is 32.6. The third-order valence-corrected chi connectivity index (χ3v) is 5.04. The fraction of sp³-hybridized carbons (Fsp3) is 0.421. The highest BCUT2D eigenvalue weighted by Gasteiger charge is 2.36. The van der Waals surface area contributed by atoms with Crippen molar-refractivity contribution in [3.63, 3.8) is 0 Å². The number of fused-ring (bicyclic) bond motifs is 4. The standard InChI is InChI=1S/C19H21N3O4/c23-18(24)10-21-7-13-8-22(14(9-21)12-26-11-13)19(25)16-3-1-5-17-15(16)4-2-6-20-17/h1-6,13-14H,7-12H2,(H,23,24)/t13-,14-/m0/s1. The number of rotatable bonds is 3. The van der Waals surface area contributed by atoms with Crippen molar-refractivity contribution in [1.29, 1.82) is 0 Å². The van der Waals surface area contributed by atoms with Crippen molar-refractivity contribution in [3.8, 4) is 0 Å². The second kappa shape index (κ2) is 7.01. The van der Waals surface area contributed by atoms with Gasteiger partial charge in [-0.2, -0.15) is 0 Å². The van der Waals surface area contributed by atoms with Crippen molar-refractivity contribution in [2.24, 2.45) is 5.92 Å². The van der Waals surface area contributed by atoms with E-state index in [-0.39, 0.29) is 24.4 Å². The van der Waals surface area contributed by atoms with Gasteiger partial charge in [-0.25, -0.2) is 0 Å². The highest BCUT2D eigenvalue weighted by molar-refractivity contribution is 6.06. The Morgan fingerprint density at radius 3 is 2.88 bits per heavy atom. The molecule has 1 aromatic heterocycles. The number of carbonyl (C=O) groups excluding carboxylic acids is 1. The normalized spacial score (nSPS) is 23.6. The summed E-state index contributed by atoms with van der Waals surface area (Å²) in [6.07, 6.45) is 1.72. The Kier molecular flexibility index (Phi) is 4.57. The summed E-state index contributed by atoms with van der Waals surface area (Å²) < 4.78 is 5.74. The fourth-order valence-corrected chi connectivity index (χ4v) is 3.95. The van der Waals surface area contributed by atoms with Crippen LogP contribution in [0, 0.1) is 5.92 Å². The molecular formula is C19H21N3O4. The van der Waals surface area contributed by atoms with Crippen LogP contribution in [0.3, 0.4) is 0 Å². The van der Waals surface area contributed by atoms with Crippen LogP contribution in [0.15, 0.2) is 36.5 Å². The number of carboxylic acid groups (broad SMARTS) is 1. The number of pyridine rings is 1. The van der Waals surface area contributed by atoms with Crippen LogP contribution in [0.5, 0.6) is 0 Å². The van der Waals surface area contributed by atoms with Crippen LogP contribution in [-0.4, -0.2) is 77.2 Å². The van der Waals surface area contributed by atoms with Crippen LogP contribution in [0.25, 0.3) is 10.9 Å². The third kappa shape index (κ3) is 3.27. The molecule has 7 heteroatoms. The van der Waals surface area contributed by atoms with Gasteiger partial charge in [-0.3, -0.25) is 19.5 Å². The number of aliphatic carboxylic acids is 1. The van der Waals surface area contributed by atoms with E-state index in [1.165, 1.54) is 0 Å². The summed E-state index contributed by atoms with van der Waals surface area (Å²) >= 11 is 0. The summed E-state index contributed by atoms with van der Waals surface area (Å²) in [5.41, 5.74) is 1.42. The van der Waals surface area contributed by atoms with E-state index in [9.17, 15) is 9.59 Å². The molecule has 2 aliphatic heterocycles. The van der Waals surface area contributed by atoms with Crippen molar-refractivity contribution < 1.29 is 19.4 Å². The maximum Gasteiger partial charge on any atom is 0.317 e. The first-order valence-corrected chi connectivity index (χ1v) is 8.78. The van der Waals surface area contributed by atoms with Gasteiger partial charge in [-0.05, 0) is 18.2 Å². The largest absolute Gasteiger partial charge is 0.480 e. The van der Waals surface area contributed by atoms with Gasteiger partial charge >= 0.3 is 5.97 Å². The van der Waals surface area contributed by atoms with E-state index in [4.69, 9.17) is 9.84 Å². The summed E-state index contributed by atoms with van der Waals surface area (Å²) in [6, 6.07) is 9.16. The highest BCUT2D eigenvalue weighted by atomic mass is 16.5. The lowest BCUT2D eigenvalue weighted by Gasteiger charge is -2.30. The number of hydrogen-bond donors (Lipinski definition) is 1. The second-order valence-electron chi connectivity index (χ2n) is 6.98. The Balaban J connectivity index is 1.66. The Morgan fingerprint density at radius 1 is 1.15 bits per heavy atom. The van der Waals surface area contributed by atoms with Gasteiger partial charge in [0.2, 0.25) is 0 Å². The lowest BCUT2D eigenvalue weighted by atomic mass is 10.1. The lowest BCUT2D eigenvalue weighted by Crippen LogP contribution is -2.47. The molecule has 3 heterocycles. The first-order chi connectivity index (χ1) is 12.6. The van der Waals surface area contributed by atoms with Gasteiger partial charge in [0, 0.05) is 42.7 Å². The number of benzene rings is 1. The average Bonchev–Trinajstić information content (AvgIpc) is 2.91. The minimum Gasteiger partial charge on any atom is -0.480 e. The third-order valence-electron chi connectivity index (χ3n) is 5.04. The molecule has 7 nitrogen and oxygen atoms in total. The predicted molar refractivity (Wildman–Crippen MR) is 95.0 cm³/mol. The molecule has 0 spiro atoms. The molecule has 136 valence electrons. The van der Waals surface area contributed by atoms with E-state index in [0.717, 1.165) is 10.9 Å². The first kappa shape index (κ1) is 16.9. The Hall–Kier alpha value is -2.51. The molecule has 1 amide bonds. The van der Waals surface area contributed by atoms with Crippen LogP contribution in [0.4, 0.5) is 0 Å². The Morgan fingerprint density at radius 2 is 2.04 bits per heavy atom. The molecule has 2 aromatic rings. The molecule has 2 bridgehead atoms. The van der Waals surface area contributed by atoms with Gasteiger partial charge in [-0.15, -0.1) is 0 Å². The molecule has 4 rings (SSSR count). The molecule has 0 radical (unpaired) electrons. The topological polar surface area (TPSA) is 83.0 Å². The number of carboxylic acids is 1. The van der Waals surface area contributed by atoms with E-state index in [2.05, 4.69) is 4.98 Å². The van der Waals surface area contributed by atoms with Crippen LogP contribution in [-0.2, 0) is 9.53 Å². The van der Waals surface area contributed by atoms with E-state index in [1.807, 2.05) is 40.1 Å². The van der Waals surface area contributed by atoms with Gasteiger partial charge in [0.05, 0.1) is 31.3 Å².